The van der Waals surface area contributed by atoms with Crippen molar-refractivity contribution in [1.82, 2.24) is 4.31 Å². The molecule has 1 aliphatic rings. The Balaban J connectivity index is 2.18. The molecule has 1 saturated heterocycles. The van der Waals surface area contributed by atoms with Gasteiger partial charge in [-0.2, -0.15) is 12.7 Å². The molecule has 2 rings (SSSR count). The monoisotopic (exact) mass is 242 g/mol. The van der Waals surface area contributed by atoms with E-state index in [0.29, 0.717) is 18.7 Å². The van der Waals surface area contributed by atoms with Crippen molar-refractivity contribution in [2.45, 2.75) is 13.0 Å². The first-order valence-electron chi connectivity index (χ1n) is 5.07. The number of nitrogen functional groups attached to an aromatic ring is 1. The fourth-order valence-corrected chi connectivity index (χ4v) is 2.75. The number of hydrogen-bond donors (Lipinski definition) is 1. The minimum absolute atomic E-state index is 0.267. The Kier molecular flexibility index (Phi) is 3.13. The van der Waals surface area contributed by atoms with E-state index >= 15 is 0 Å². The summed E-state index contributed by atoms with van der Waals surface area (Å²) in [7, 11) is -3.56. The van der Waals surface area contributed by atoms with Gasteiger partial charge in [-0.3, -0.25) is 4.18 Å². The van der Waals surface area contributed by atoms with Gasteiger partial charge in [0.15, 0.2) is 0 Å². The highest BCUT2D eigenvalue weighted by Crippen LogP contribution is 2.19. The third-order valence-electron chi connectivity index (χ3n) is 2.50. The Hall–Kier alpha value is -1.11. The molecule has 6 heteroatoms. The summed E-state index contributed by atoms with van der Waals surface area (Å²) < 4.78 is 29.2. The van der Waals surface area contributed by atoms with Crippen LogP contribution in [-0.2, 0) is 21.0 Å². The van der Waals surface area contributed by atoms with Crippen molar-refractivity contribution in [1.29, 1.82) is 0 Å². The van der Waals surface area contributed by atoms with Crippen LogP contribution in [0.1, 0.15) is 12.0 Å². The first-order chi connectivity index (χ1) is 7.59. The molecular weight excluding hydrogens is 228 g/mol. The molecule has 1 fully saturated rings. The highest BCUT2D eigenvalue weighted by atomic mass is 32.2. The highest BCUT2D eigenvalue weighted by molar-refractivity contribution is 7.84. The van der Waals surface area contributed by atoms with Crippen LogP contribution in [0.5, 0.6) is 0 Å². The third kappa shape index (κ3) is 2.34. The molecule has 88 valence electrons. The van der Waals surface area contributed by atoms with Gasteiger partial charge in [0.25, 0.3) is 0 Å². The quantitative estimate of drug-likeness (QED) is 0.776. The Labute approximate surface area is 95.1 Å². The lowest BCUT2D eigenvalue weighted by molar-refractivity contribution is 0.211. The largest absolute Gasteiger partial charge is 0.398 e. The number of rotatable bonds is 2. The van der Waals surface area contributed by atoms with Crippen molar-refractivity contribution in [3.05, 3.63) is 29.8 Å². The second-order valence-electron chi connectivity index (χ2n) is 3.67. The molecule has 0 atom stereocenters. The Morgan fingerprint density at radius 2 is 2.12 bits per heavy atom. The predicted molar refractivity (Wildman–Crippen MR) is 60.8 cm³/mol. The van der Waals surface area contributed by atoms with Crippen molar-refractivity contribution in [3.63, 3.8) is 0 Å². The molecule has 16 heavy (non-hydrogen) atoms. The number of anilines is 1. The third-order valence-corrected chi connectivity index (χ3v) is 3.91. The van der Waals surface area contributed by atoms with E-state index in [2.05, 4.69) is 0 Å². The van der Waals surface area contributed by atoms with Gasteiger partial charge in [-0.15, -0.1) is 0 Å². The van der Waals surface area contributed by atoms with Gasteiger partial charge in [-0.1, -0.05) is 18.2 Å². The van der Waals surface area contributed by atoms with E-state index in [9.17, 15) is 8.42 Å². The minimum Gasteiger partial charge on any atom is -0.398 e. The molecule has 1 aliphatic heterocycles. The van der Waals surface area contributed by atoms with Gasteiger partial charge in [0.2, 0.25) is 0 Å². The van der Waals surface area contributed by atoms with Crippen LogP contribution in [0, 0.1) is 0 Å². The van der Waals surface area contributed by atoms with Gasteiger partial charge < -0.3 is 5.73 Å². The van der Waals surface area contributed by atoms with Crippen molar-refractivity contribution in [2.24, 2.45) is 0 Å². The highest BCUT2D eigenvalue weighted by Gasteiger charge is 2.27. The van der Waals surface area contributed by atoms with Crippen LogP contribution in [-0.4, -0.2) is 25.9 Å². The van der Waals surface area contributed by atoms with Crippen molar-refractivity contribution < 1.29 is 12.6 Å². The summed E-state index contributed by atoms with van der Waals surface area (Å²) in [4.78, 5) is 0. The summed E-state index contributed by atoms with van der Waals surface area (Å²) in [5.74, 6) is 0. The zero-order valence-electron chi connectivity index (χ0n) is 8.80. The molecule has 0 spiro atoms. The molecule has 1 heterocycles. The number of nitrogens with zero attached hydrogens (tertiary/aromatic N) is 1. The molecule has 1 aromatic rings. The first kappa shape index (κ1) is 11.4. The van der Waals surface area contributed by atoms with Crippen molar-refractivity contribution >= 4 is 16.0 Å². The lowest BCUT2D eigenvalue weighted by atomic mass is 10.2. The van der Waals surface area contributed by atoms with E-state index in [1.165, 1.54) is 4.31 Å². The molecule has 0 aliphatic carbocycles. The molecule has 0 unspecified atom stereocenters. The van der Waals surface area contributed by atoms with Crippen LogP contribution < -0.4 is 5.73 Å². The second kappa shape index (κ2) is 4.40. The molecule has 0 bridgehead atoms. The summed E-state index contributed by atoms with van der Waals surface area (Å²) in [6.07, 6.45) is 0.714. The summed E-state index contributed by atoms with van der Waals surface area (Å²) in [5.41, 5.74) is 7.17. The normalized spacial score (nSPS) is 20.8. The van der Waals surface area contributed by atoms with E-state index in [1.807, 2.05) is 18.2 Å². The zero-order chi connectivity index (χ0) is 11.6. The molecular formula is C10H14N2O3S. The second-order valence-corrected chi connectivity index (χ2v) is 5.27. The first-order valence-corrected chi connectivity index (χ1v) is 6.44. The van der Waals surface area contributed by atoms with Crippen LogP contribution in [0.15, 0.2) is 24.3 Å². The van der Waals surface area contributed by atoms with Crippen LogP contribution in [0.2, 0.25) is 0 Å². The van der Waals surface area contributed by atoms with Gasteiger partial charge in [0, 0.05) is 18.8 Å². The number of hydrogen-bond acceptors (Lipinski definition) is 4. The summed E-state index contributed by atoms with van der Waals surface area (Å²) in [6.45, 7) is 1.02. The molecule has 2 N–H and O–H groups in total. The molecule has 0 aromatic heterocycles. The van der Waals surface area contributed by atoms with Crippen LogP contribution >= 0.6 is 0 Å². The minimum atomic E-state index is -3.56. The Morgan fingerprint density at radius 1 is 1.38 bits per heavy atom. The fourth-order valence-electron chi connectivity index (χ4n) is 1.62. The molecule has 0 saturated carbocycles. The summed E-state index contributed by atoms with van der Waals surface area (Å²) in [5, 5.41) is 0. The molecule has 5 nitrogen and oxygen atoms in total. The van der Waals surface area contributed by atoms with E-state index in [-0.39, 0.29) is 13.2 Å². The lowest BCUT2D eigenvalue weighted by Gasteiger charge is -2.25. The maximum atomic E-state index is 11.6. The van der Waals surface area contributed by atoms with Crippen LogP contribution in [0.4, 0.5) is 5.69 Å². The Bertz CT molecular complexity index is 473. The van der Waals surface area contributed by atoms with Gasteiger partial charge in [-0.25, -0.2) is 0 Å². The van der Waals surface area contributed by atoms with Crippen molar-refractivity contribution in [3.8, 4) is 0 Å². The number of nitrogens with two attached hydrogens (primary N) is 1. The Morgan fingerprint density at radius 3 is 2.81 bits per heavy atom. The maximum absolute atomic E-state index is 11.6. The molecule has 1 aromatic carbocycles. The smallest absolute Gasteiger partial charge is 0.338 e. The number of benzene rings is 1. The predicted octanol–water partition coefficient (Wildman–Crippen LogP) is 0.736. The fraction of sp³-hybridized carbons (Fsp3) is 0.400. The standard InChI is InChI=1S/C10H14N2O3S/c11-10-5-2-1-4-9(10)8-12-6-3-7-15-16(12,13)14/h1-2,4-5H,3,6-8,11H2. The van der Waals surface area contributed by atoms with Gasteiger partial charge >= 0.3 is 10.3 Å². The molecule has 0 radical (unpaired) electrons. The van der Waals surface area contributed by atoms with Crippen molar-refractivity contribution in [2.75, 3.05) is 18.9 Å². The van der Waals surface area contributed by atoms with E-state index in [0.717, 1.165) is 5.56 Å². The molecule has 0 amide bonds. The average molecular weight is 242 g/mol. The average Bonchev–Trinajstić information content (AvgIpc) is 2.24. The van der Waals surface area contributed by atoms with Gasteiger partial charge in [-0.05, 0) is 18.1 Å². The topological polar surface area (TPSA) is 72.6 Å². The number of para-hydroxylation sites is 1. The maximum Gasteiger partial charge on any atom is 0.338 e. The summed E-state index contributed by atoms with van der Waals surface area (Å²) in [6, 6.07) is 7.23. The van der Waals surface area contributed by atoms with E-state index < -0.39 is 10.3 Å². The van der Waals surface area contributed by atoms with Gasteiger partial charge in [0.05, 0.1) is 6.61 Å². The summed E-state index contributed by atoms with van der Waals surface area (Å²) >= 11 is 0. The van der Waals surface area contributed by atoms with Gasteiger partial charge in [0.1, 0.15) is 0 Å². The SMILES string of the molecule is Nc1ccccc1CN1CCCOS1(=O)=O. The van der Waals surface area contributed by atoms with E-state index in [4.69, 9.17) is 9.92 Å². The van der Waals surface area contributed by atoms with Crippen LogP contribution in [0.3, 0.4) is 0 Å². The zero-order valence-corrected chi connectivity index (χ0v) is 9.61. The lowest BCUT2D eigenvalue weighted by Crippen LogP contribution is -2.37. The van der Waals surface area contributed by atoms with Crippen LogP contribution in [0.25, 0.3) is 0 Å². The van der Waals surface area contributed by atoms with E-state index in [1.54, 1.807) is 6.07 Å².